The van der Waals surface area contributed by atoms with Crippen LogP contribution in [-0.4, -0.2) is 11.5 Å². The predicted molar refractivity (Wildman–Crippen MR) is 68.6 cm³/mol. The first-order chi connectivity index (χ1) is 7.79. The molecule has 1 atom stereocenters. The first kappa shape index (κ1) is 11.8. The molecule has 0 spiro atoms. The lowest BCUT2D eigenvalue weighted by Gasteiger charge is -2.13. The zero-order valence-electron chi connectivity index (χ0n) is 8.94. The van der Waals surface area contributed by atoms with Crippen molar-refractivity contribution in [3.05, 3.63) is 39.1 Å². The zero-order valence-corrected chi connectivity index (χ0v) is 11.3. The molecule has 16 heavy (non-hydrogen) atoms. The first-order valence-electron chi connectivity index (χ1n) is 5.15. The number of thiazole rings is 1. The van der Waals surface area contributed by atoms with Crippen LogP contribution in [0.3, 0.4) is 0 Å². The molecular formula is C11H13BrN2OS. The number of nitrogens with zero attached hydrogens (tertiary/aromatic N) is 1. The molecule has 2 aromatic heterocycles. The molecule has 0 aliphatic rings. The second-order valence-corrected chi connectivity index (χ2v) is 5.18. The number of hydrogen-bond acceptors (Lipinski definition) is 4. The Hall–Kier alpha value is -0.650. The van der Waals surface area contributed by atoms with E-state index in [0.717, 1.165) is 23.4 Å². The van der Waals surface area contributed by atoms with Gasteiger partial charge in [0.05, 0.1) is 11.6 Å². The standard InChI is InChI=1S/C11H13BrN2OS/c1-2-14-9(5-8-6-13-7-16-8)10-3-4-11(12)15-10/h3-4,6-7,9,14H,2,5H2,1H3. The fourth-order valence-electron chi connectivity index (χ4n) is 1.58. The molecule has 0 amide bonds. The fraction of sp³-hybridized carbons (Fsp3) is 0.364. The Morgan fingerprint density at radius 1 is 1.56 bits per heavy atom. The lowest BCUT2D eigenvalue weighted by molar-refractivity contribution is 0.406. The lowest BCUT2D eigenvalue weighted by atomic mass is 10.1. The van der Waals surface area contributed by atoms with Crippen LogP contribution < -0.4 is 5.32 Å². The smallest absolute Gasteiger partial charge is 0.169 e. The van der Waals surface area contributed by atoms with Gasteiger partial charge in [0.25, 0.3) is 0 Å². The average molecular weight is 301 g/mol. The highest BCUT2D eigenvalue weighted by molar-refractivity contribution is 9.10. The SMILES string of the molecule is CCNC(Cc1cncs1)c1ccc(Br)o1. The molecule has 1 unspecified atom stereocenters. The van der Waals surface area contributed by atoms with E-state index in [-0.39, 0.29) is 6.04 Å². The maximum Gasteiger partial charge on any atom is 0.169 e. The fourth-order valence-corrected chi connectivity index (χ4v) is 2.54. The Labute approximate surface area is 107 Å². The molecule has 2 heterocycles. The summed E-state index contributed by atoms with van der Waals surface area (Å²) < 4.78 is 6.36. The Morgan fingerprint density at radius 3 is 3.00 bits per heavy atom. The van der Waals surface area contributed by atoms with E-state index in [4.69, 9.17) is 4.42 Å². The summed E-state index contributed by atoms with van der Waals surface area (Å²) >= 11 is 5.00. The van der Waals surface area contributed by atoms with Crippen LogP contribution in [-0.2, 0) is 6.42 Å². The van der Waals surface area contributed by atoms with Gasteiger partial charge in [-0.1, -0.05) is 6.92 Å². The highest BCUT2D eigenvalue weighted by atomic mass is 79.9. The number of furan rings is 1. The largest absolute Gasteiger partial charge is 0.453 e. The van der Waals surface area contributed by atoms with Crippen molar-refractivity contribution in [2.75, 3.05) is 6.54 Å². The van der Waals surface area contributed by atoms with Crippen LogP contribution in [0, 0.1) is 0 Å². The average Bonchev–Trinajstić information content (AvgIpc) is 2.88. The molecule has 0 saturated carbocycles. The van der Waals surface area contributed by atoms with Crippen LogP contribution in [0.1, 0.15) is 23.6 Å². The minimum absolute atomic E-state index is 0.219. The van der Waals surface area contributed by atoms with Crippen LogP contribution >= 0.6 is 27.3 Å². The lowest BCUT2D eigenvalue weighted by Crippen LogP contribution is -2.22. The molecule has 1 N–H and O–H groups in total. The molecule has 0 aliphatic heterocycles. The van der Waals surface area contributed by atoms with Gasteiger partial charge in [0, 0.05) is 17.5 Å². The molecule has 3 nitrogen and oxygen atoms in total. The van der Waals surface area contributed by atoms with Crippen molar-refractivity contribution in [3.63, 3.8) is 0 Å². The number of nitrogens with one attached hydrogen (secondary N) is 1. The molecule has 0 aliphatic carbocycles. The molecule has 0 bridgehead atoms. The summed E-state index contributed by atoms with van der Waals surface area (Å²) in [5.74, 6) is 0.960. The molecule has 0 aromatic carbocycles. The number of hydrogen-bond donors (Lipinski definition) is 1. The highest BCUT2D eigenvalue weighted by Crippen LogP contribution is 2.24. The van der Waals surface area contributed by atoms with E-state index in [0.29, 0.717) is 0 Å². The summed E-state index contributed by atoms with van der Waals surface area (Å²) in [6.07, 6.45) is 2.82. The molecule has 0 fully saturated rings. The van der Waals surface area contributed by atoms with Crippen molar-refractivity contribution in [2.45, 2.75) is 19.4 Å². The van der Waals surface area contributed by atoms with Crippen molar-refractivity contribution in [2.24, 2.45) is 0 Å². The van der Waals surface area contributed by atoms with Gasteiger partial charge in [-0.15, -0.1) is 11.3 Å². The second kappa shape index (κ2) is 5.61. The highest BCUT2D eigenvalue weighted by Gasteiger charge is 2.15. The van der Waals surface area contributed by atoms with Crippen molar-refractivity contribution >= 4 is 27.3 Å². The second-order valence-electron chi connectivity index (χ2n) is 3.42. The molecule has 0 radical (unpaired) electrons. The van der Waals surface area contributed by atoms with Gasteiger partial charge in [0.15, 0.2) is 4.67 Å². The topological polar surface area (TPSA) is 38.1 Å². The molecule has 2 aromatic rings. The van der Waals surface area contributed by atoms with Crippen molar-refractivity contribution in [3.8, 4) is 0 Å². The van der Waals surface area contributed by atoms with Gasteiger partial charge in [0.2, 0.25) is 0 Å². The van der Waals surface area contributed by atoms with E-state index >= 15 is 0 Å². The van der Waals surface area contributed by atoms with Crippen molar-refractivity contribution in [1.82, 2.24) is 10.3 Å². The van der Waals surface area contributed by atoms with Gasteiger partial charge in [-0.05, 0) is 34.6 Å². The van der Waals surface area contributed by atoms with Gasteiger partial charge in [-0.3, -0.25) is 4.98 Å². The Bertz CT molecular complexity index is 427. The first-order valence-corrected chi connectivity index (χ1v) is 6.83. The number of halogens is 1. The van der Waals surface area contributed by atoms with Gasteiger partial charge >= 0.3 is 0 Å². The summed E-state index contributed by atoms with van der Waals surface area (Å²) in [6, 6.07) is 4.14. The Balaban J connectivity index is 2.11. The minimum atomic E-state index is 0.219. The molecule has 0 saturated heterocycles. The normalized spacial score (nSPS) is 12.9. The predicted octanol–water partition coefficient (Wildman–Crippen LogP) is 3.39. The molecule has 5 heteroatoms. The van der Waals surface area contributed by atoms with E-state index in [2.05, 4.69) is 33.2 Å². The van der Waals surface area contributed by atoms with Crippen LogP contribution in [0.15, 0.2) is 32.9 Å². The summed E-state index contributed by atoms with van der Waals surface area (Å²) in [4.78, 5) is 5.35. The number of aromatic nitrogens is 1. The molecular weight excluding hydrogens is 288 g/mol. The monoisotopic (exact) mass is 300 g/mol. The van der Waals surface area contributed by atoms with Crippen LogP contribution in [0.4, 0.5) is 0 Å². The van der Waals surface area contributed by atoms with Gasteiger partial charge in [0.1, 0.15) is 5.76 Å². The summed E-state index contributed by atoms with van der Waals surface area (Å²) in [6.45, 7) is 3.01. The zero-order chi connectivity index (χ0) is 11.4. The van der Waals surface area contributed by atoms with E-state index in [1.807, 2.05) is 23.8 Å². The number of likely N-dealkylation sites (N-methyl/N-ethyl adjacent to an activating group) is 1. The maximum absolute atomic E-state index is 5.59. The van der Waals surface area contributed by atoms with Gasteiger partial charge < -0.3 is 9.73 Å². The van der Waals surface area contributed by atoms with E-state index in [9.17, 15) is 0 Å². The van der Waals surface area contributed by atoms with Crippen LogP contribution in [0.5, 0.6) is 0 Å². The molecule has 86 valence electrons. The number of rotatable bonds is 5. The van der Waals surface area contributed by atoms with Crippen LogP contribution in [0.2, 0.25) is 0 Å². The minimum Gasteiger partial charge on any atom is -0.453 e. The van der Waals surface area contributed by atoms with Crippen molar-refractivity contribution in [1.29, 1.82) is 0 Å². The quantitative estimate of drug-likeness (QED) is 0.920. The van der Waals surface area contributed by atoms with Crippen LogP contribution in [0.25, 0.3) is 0 Å². The van der Waals surface area contributed by atoms with E-state index < -0.39 is 0 Å². The third-order valence-corrected chi connectivity index (χ3v) is 3.50. The Kier molecular flexibility index (Phi) is 4.15. The summed E-state index contributed by atoms with van der Waals surface area (Å²) in [7, 11) is 0. The summed E-state index contributed by atoms with van der Waals surface area (Å²) in [5.41, 5.74) is 1.86. The maximum atomic E-state index is 5.59. The van der Waals surface area contributed by atoms with Gasteiger partial charge in [-0.25, -0.2) is 0 Å². The van der Waals surface area contributed by atoms with E-state index in [1.54, 1.807) is 11.3 Å². The summed E-state index contributed by atoms with van der Waals surface area (Å²) in [5, 5.41) is 3.41. The van der Waals surface area contributed by atoms with Gasteiger partial charge in [-0.2, -0.15) is 0 Å². The third kappa shape index (κ3) is 2.93. The Morgan fingerprint density at radius 2 is 2.44 bits per heavy atom. The van der Waals surface area contributed by atoms with E-state index in [1.165, 1.54) is 4.88 Å². The van der Waals surface area contributed by atoms with Crippen molar-refractivity contribution < 1.29 is 4.42 Å². The third-order valence-electron chi connectivity index (χ3n) is 2.28. The molecule has 2 rings (SSSR count).